The van der Waals surface area contributed by atoms with Crippen molar-refractivity contribution in [1.82, 2.24) is 5.32 Å². The van der Waals surface area contributed by atoms with E-state index in [9.17, 15) is 0 Å². The molecule has 0 saturated carbocycles. The van der Waals surface area contributed by atoms with Crippen LogP contribution in [0.25, 0.3) is 0 Å². The molecule has 1 aliphatic heterocycles. The Morgan fingerprint density at radius 2 is 2.06 bits per heavy atom. The molecule has 0 aliphatic carbocycles. The highest BCUT2D eigenvalue weighted by Gasteiger charge is 2.24. The largest absolute Gasteiger partial charge is 0.374 e. The van der Waals surface area contributed by atoms with Crippen molar-refractivity contribution in [1.29, 1.82) is 0 Å². The summed E-state index contributed by atoms with van der Waals surface area (Å²) in [6.07, 6.45) is 0.485. The van der Waals surface area contributed by atoms with E-state index < -0.39 is 0 Å². The molecule has 0 spiro atoms. The molecule has 2 rings (SSSR count). The third-order valence-electron chi connectivity index (χ3n) is 3.24. The van der Waals surface area contributed by atoms with Crippen molar-refractivity contribution in [3.05, 3.63) is 35.9 Å². The Kier molecular flexibility index (Phi) is 5.17. The molecule has 3 heteroatoms. The molecule has 3 nitrogen and oxygen atoms in total. The van der Waals surface area contributed by atoms with E-state index in [-0.39, 0.29) is 6.10 Å². The maximum absolute atomic E-state index is 6.00. The Balaban J connectivity index is 1.70. The van der Waals surface area contributed by atoms with E-state index >= 15 is 0 Å². The second-order valence-electron chi connectivity index (χ2n) is 5.20. The number of nitrogens with one attached hydrogen (secondary N) is 1. The third kappa shape index (κ3) is 4.09. The van der Waals surface area contributed by atoms with E-state index in [1.54, 1.807) is 0 Å². The van der Waals surface area contributed by atoms with Gasteiger partial charge < -0.3 is 14.8 Å². The van der Waals surface area contributed by atoms with Gasteiger partial charge in [0.1, 0.15) is 0 Å². The molecule has 0 radical (unpaired) electrons. The Morgan fingerprint density at radius 1 is 1.28 bits per heavy atom. The Hall–Kier alpha value is -0.900. The van der Waals surface area contributed by atoms with E-state index in [1.807, 2.05) is 18.2 Å². The summed E-state index contributed by atoms with van der Waals surface area (Å²) in [6.45, 7) is 7.54. The van der Waals surface area contributed by atoms with Gasteiger partial charge in [-0.05, 0) is 11.5 Å². The minimum Gasteiger partial charge on any atom is -0.374 e. The van der Waals surface area contributed by atoms with E-state index in [0.717, 1.165) is 13.1 Å². The van der Waals surface area contributed by atoms with Crippen molar-refractivity contribution in [2.45, 2.75) is 32.7 Å². The zero-order chi connectivity index (χ0) is 12.8. The van der Waals surface area contributed by atoms with Crippen LogP contribution in [0.4, 0.5) is 0 Å². The van der Waals surface area contributed by atoms with Gasteiger partial charge >= 0.3 is 0 Å². The Labute approximate surface area is 109 Å². The molecule has 1 aliphatic rings. The van der Waals surface area contributed by atoms with Crippen molar-refractivity contribution >= 4 is 0 Å². The van der Waals surface area contributed by atoms with E-state index in [0.29, 0.717) is 25.2 Å². The molecule has 1 aromatic rings. The number of ether oxygens (including phenoxy) is 2. The fraction of sp³-hybridized carbons (Fsp3) is 0.600. The maximum atomic E-state index is 6.00. The van der Waals surface area contributed by atoms with E-state index in [2.05, 4.69) is 31.3 Å². The molecular formula is C15H23NO2. The first-order valence-corrected chi connectivity index (χ1v) is 6.73. The molecule has 0 bridgehead atoms. The molecule has 1 saturated heterocycles. The standard InChI is InChI=1S/C15H23NO2/c1-12(2)15-9-16-8-14(18-15)11-17-10-13-6-4-3-5-7-13/h3-7,12,14-16H,8-11H2,1-2H3. The minimum absolute atomic E-state index is 0.176. The van der Waals surface area contributed by atoms with Crippen molar-refractivity contribution < 1.29 is 9.47 Å². The highest BCUT2D eigenvalue weighted by atomic mass is 16.5. The van der Waals surface area contributed by atoms with Gasteiger partial charge in [0.05, 0.1) is 25.4 Å². The van der Waals surface area contributed by atoms with Gasteiger partial charge in [0.25, 0.3) is 0 Å². The SMILES string of the molecule is CC(C)C1CNCC(COCc2ccccc2)O1. The molecule has 0 aromatic heterocycles. The second kappa shape index (κ2) is 6.88. The van der Waals surface area contributed by atoms with Gasteiger partial charge in [-0.3, -0.25) is 0 Å². The lowest BCUT2D eigenvalue weighted by Gasteiger charge is -2.33. The van der Waals surface area contributed by atoms with E-state index in [1.165, 1.54) is 5.56 Å². The Bertz CT molecular complexity index is 340. The lowest BCUT2D eigenvalue weighted by atomic mass is 10.1. The fourth-order valence-corrected chi connectivity index (χ4v) is 2.10. The molecule has 1 fully saturated rings. The monoisotopic (exact) mass is 249 g/mol. The summed E-state index contributed by atoms with van der Waals surface area (Å²) >= 11 is 0. The molecule has 1 heterocycles. The lowest BCUT2D eigenvalue weighted by molar-refractivity contribution is -0.0933. The van der Waals surface area contributed by atoms with Crippen LogP contribution >= 0.6 is 0 Å². The van der Waals surface area contributed by atoms with E-state index in [4.69, 9.17) is 9.47 Å². The van der Waals surface area contributed by atoms with Crippen LogP contribution in [0, 0.1) is 5.92 Å². The summed E-state index contributed by atoms with van der Waals surface area (Å²) < 4.78 is 11.7. The third-order valence-corrected chi connectivity index (χ3v) is 3.24. The van der Waals surface area contributed by atoms with Crippen LogP contribution in [-0.4, -0.2) is 31.9 Å². The highest BCUT2D eigenvalue weighted by molar-refractivity contribution is 5.13. The van der Waals surface area contributed by atoms with Crippen LogP contribution in [0.3, 0.4) is 0 Å². The van der Waals surface area contributed by atoms with Crippen LogP contribution in [0.15, 0.2) is 30.3 Å². The fourth-order valence-electron chi connectivity index (χ4n) is 2.10. The van der Waals surface area contributed by atoms with Crippen LogP contribution in [0.5, 0.6) is 0 Å². The zero-order valence-corrected chi connectivity index (χ0v) is 11.3. The summed E-state index contributed by atoms with van der Waals surface area (Å²) in [5.41, 5.74) is 1.21. The van der Waals surface area contributed by atoms with Crippen LogP contribution in [0.2, 0.25) is 0 Å². The van der Waals surface area contributed by atoms with Crippen LogP contribution in [0.1, 0.15) is 19.4 Å². The second-order valence-corrected chi connectivity index (χ2v) is 5.20. The zero-order valence-electron chi connectivity index (χ0n) is 11.3. The van der Waals surface area contributed by atoms with Gasteiger partial charge in [-0.2, -0.15) is 0 Å². The first-order valence-electron chi connectivity index (χ1n) is 6.73. The van der Waals surface area contributed by atoms with Gasteiger partial charge in [-0.25, -0.2) is 0 Å². The quantitative estimate of drug-likeness (QED) is 0.868. The smallest absolute Gasteiger partial charge is 0.0937 e. The molecule has 2 atom stereocenters. The lowest BCUT2D eigenvalue weighted by Crippen LogP contribution is -2.48. The summed E-state index contributed by atoms with van der Waals surface area (Å²) in [5.74, 6) is 0.550. The van der Waals surface area contributed by atoms with Crippen molar-refractivity contribution in [2.75, 3.05) is 19.7 Å². The normalized spacial score (nSPS) is 24.4. The van der Waals surface area contributed by atoms with Gasteiger partial charge in [-0.1, -0.05) is 44.2 Å². The van der Waals surface area contributed by atoms with Gasteiger partial charge in [0.15, 0.2) is 0 Å². The molecule has 100 valence electrons. The molecule has 1 aromatic carbocycles. The number of benzene rings is 1. The summed E-state index contributed by atoms with van der Waals surface area (Å²) in [5, 5.41) is 3.41. The molecular weight excluding hydrogens is 226 g/mol. The summed E-state index contributed by atoms with van der Waals surface area (Å²) in [7, 11) is 0. The van der Waals surface area contributed by atoms with Crippen molar-refractivity contribution in [2.24, 2.45) is 5.92 Å². The number of hydrogen-bond donors (Lipinski definition) is 1. The maximum Gasteiger partial charge on any atom is 0.0937 e. The van der Waals surface area contributed by atoms with Crippen LogP contribution in [-0.2, 0) is 16.1 Å². The number of hydrogen-bond acceptors (Lipinski definition) is 3. The molecule has 1 N–H and O–H groups in total. The van der Waals surface area contributed by atoms with Gasteiger partial charge in [0, 0.05) is 13.1 Å². The summed E-state index contributed by atoms with van der Waals surface area (Å²) in [4.78, 5) is 0. The first kappa shape index (κ1) is 13.5. The average molecular weight is 249 g/mol. The molecule has 18 heavy (non-hydrogen) atoms. The Morgan fingerprint density at radius 3 is 2.78 bits per heavy atom. The molecule has 2 unspecified atom stereocenters. The number of morpholine rings is 1. The minimum atomic E-state index is 0.176. The predicted octanol–water partition coefficient (Wildman–Crippen LogP) is 2.22. The predicted molar refractivity (Wildman–Crippen MR) is 72.5 cm³/mol. The number of rotatable bonds is 5. The van der Waals surface area contributed by atoms with Crippen molar-refractivity contribution in [3.63, 3.8) is 0 Å². The van der Waals surface area contributed by atoms with Gasteiger partial charge in [0.2, 0.25) is 0 Å². The van der Waals surface area contributed by atoms with Crippen molar-refractivity contribution in [3.8, 4) is 0 Å². The van der Waals surface area contributed by atoms with Gasteiger partial charge in [-0.15, -0.1) is 0 Å². The topological polar surface area (TPSA) is 30.5 Å². The summed E-state index contributed by atoms with van der Waals surface area (Å²) in [6, 6.07) is 10.2. The first-order chi connectivity index (χ1) is 8.75. The highest BCUT2D eigenvalue weighted by Crippen LogP contribution is 2.13. The van der Waals surface area contributed by atoms with Crippen LogP contribution < -0.4 is 5.32 Å². The average Bonchev–Trinajstić information content (AvgIpc) is 2.40. The molecule has 0 amide bonds.